The van der Waals surface area contributed by atoms with Crippen molar-refractivity contribution in [3.05, 3.63) is 27.9 Å². The van der Waals surface area contributed by atoms with Gasteiger partial charge in [-0.05, 0) is 31.7 Å². The van der Waals surface area contributed by atoms with E-state index in [0.29, 0.717) is 29.4 Å². The number of pyridine rings is 1. The maximum Gasteiger partial charge on any atom is 0.290 e. The van der Waals surface area contributed by atoms with Crippen molar-refractivity contribution in [3.63, 3.8) is 0 Å². The Morgan fingerprint density at radius 2 is 2.23 bits per heavy atom. The van der Waals surface area contributed by atoms with E-state index in [-0.39, 0.29) is 5.69 Å². The summed E-state index contributed by atoms with van der Waals surface area (Å²) in [5, 5.41) is 14.2. The van der Waals surface area contributed by atoms with E-state index in [1.165, 1.54) is 6.20 Å². The molecule has 6 heteroatoms. The van der Waals surface area contributed by atoms with Crippen LogP contribution in [0.2, 0.25) is 0 Å². The molecule has 1 aliphatic heterocycles. The molecule has 1 fully saturated rings. The van der Waals surface area contributed by atoms with Crippen LogP contribution in [0.5, 0.6) is 0 Å². The van der Waals surface area contributed by atoms with Crippen LogP contribution >= 0.6 is 0 Å². The van der Waals surface area contributed by atoms with Crippen LogP contribution in [0.1, 0.15) is 45.1 Å². The summed E-state index contributed by atoms with van der Waals surface area (Å²) in [4.78, 5) is 14.6. The fourth-order valence-corrected chi connectivity index (χ4v) is 3.13. The highest BCUT2D eigenvalue weighted by Crippen LogP contribution is 2.27. The molecule has 0 bridgehead atoms. The Morgan fingerprint density at radius 1 is 1.50 bits per heavy atom. The summed E-state index contributed by atoms with van der Waals surface area (Å²) in [6.07, 6.45) is 5.78. The second kappa shape index (κ2) is 7.54. The molecule has 1 saturated heterocycles. The number of aryl methyl sites for hydroxylation is 1. The van der Waals surface area contributed by atoms with E-state index in [1.807, 2.05) is 0 Å². The van der Waals surface area contributed by atoms with Gasteiger partial charge in [0.25, 0.3) is 5.69 Å². The molecule has 1 N–H and O–H groups in total. The van der Waals surface area contributed by atoms with Crippen molar-refractivity contribution >= 4 is 11.5 Å². The predicted molar refractivity (Wildman–Crippen MR) is 86.1 cm³/mol. The number of ether oxygens (including phenoxy) is 1. The van der Waals surface area contributed by atoms with Crippen molar-refractivity contribution in [2.45, 2.75) is 58.6 Å². The molecule has 0 spiro atoms. The predicted octanol–water partition coefficient (Wildman–Crippen LogP) is 3.69. The van der Waals surface area contributed by atoms with Crippen molar-refractivity contribution in [1.29, 1.82) is 0 Å². The second-order valence-electron chi connectivity index (χ2n) is 5.96. The molecule has 2 atom stereocenters. The Morgan fingerprint density at radius 3 is 2.82 bits per heavy atom. The third-order valence-corrected chi connectivity index (χ3v) is 4.52. The van der Waals surface area contributed by atoms with Crippen molar-refractivity contribution in [2.75, 3.05) is 11.9 Å². The summed E-state index contributed by atoms with van der Waals surface area (Å²) in [5.41, 5.74) is 0.693. The van der Waals surface area contributed by atoms with Gasteiger partial charge < -0.3 is 10.1 Å². The monoisotopic (exact) mass is 307 g/mol. The van der Waals surface area contributed by atoms with Gasteiger partial charge in [0.1, 0.15) is 12.0 Å². The highest BCUT2D eigenvalue weighted by atomic mass is 16.6. The molecule has 1 aromatic rings. The van der Waals surface area contributed by atoms with Gasteiger partial charge in [0.15, 0.2) is 0 Å². The number of hydrogen-bond donors (Lipinski definition) is 1. The van der Waals surface area contributed by atoms with Crippen LogP contribution in [0.3, 0.4) is 0 Å². The third-order valence-electron chi connectivity index (χ3n) is 4.52. The highest BCUT2D eigenvalue weighted by molar-refractivity contribution is 5.47. The summed E-state index contributed by atoms with van der Waals surface area (Å²) in [7, 11) is 0. The summed E-state index contributed by atoms with van der Waals surface area (Å²) in [6, 6.07) is 2.06. The molecule has 1 aliphatic rings. The van der Waals surface area contributed by atoms with Crippen LogP contribution in [0.25, 0.3) is 0 Å². The number of aromatic nitrogens is 1. The summed E-state index contributed by atoms with van der Waals surface area (Å²) in [6.45, 7) is 6.90. The van der Waals surface area contributed by atoms with E-state index in [4.69, 9.17) is 4.74 Å². The molecule has 0 aromatic carbocycles. The van der Waals surface area contributed by atoms with E-state index >= 15 is 0 Å². The van der Waals surface area contributed by atoms with Gasteiger partial charge in [-0.2, -0.15) is 0 Å². The van der Waals surface area contributed by atoms with Gasteiger partial charge in [-0.15, -0.1) is 0 Å². The number of nitrogens with one attached hydrogen (secondary N) is 1. The van der Waals surface area contributed by atoms with Crippen molar-refractivity contribution in [3.8, 4) is 0 Å². The molecule has 122 valence electrons. The Hall–Kier alpha value is -1.69. The zero-order chi connectivity index (χ0) is 16.1. The first-order valence-corrected chi connectivity index (χ1v) is 8.04. The Bertz CT molecular complexity index is 517. The Kier molecular flexibility index (Phi) is 5.71. The summed E-state index contributed by atoms with van der Waals surface area (Å²) < 4.78 is 5.91. The average Bonchev–Trinajstić information content (AvgIpc) is 2.48. The lowest BCUT2D eigenvalue weighted by atomic mass is 9.89. The van der Waals surface area contributed by atoms with Gasteiger partial charge in [0.05, 0.1) is 11.0 Å². The van der Waals surface area contributed by atoms with Gasteiger partial charge in [-0.25, -0.2) is 4.98 Å². The number of nitro groups is 1. The largest absolute Gasteiger partial charge is 0.378 e. The van der Waals surface area contributed by atoms with E-state index < -0.39 is 4.92 Å². The number of nitrogens with zero attached hydrogens (tertiary/aromatic N) is 2. The van der Waals surface area contributed by atoms with Crippen molar-refractivity contribution in [1.82, 2.24) is 4.98 Å². The number of anilines is 1. The molecular formula is C16H25N3O3. The fraction of sp³-hybridized carbons (Fsp3) is 0.688. The number of rotatable bonds is 6. The van der Waals surface area contributed by atoms with Crippen LogP contribution < -0.4 is 5.32 Å². The van der Waals surface area contributed by atoms with E-state index in [0.717, 1.165) is 32.3 Å². The van der Waals surface area contributed by atoms with Crippen molar-refractivity contribution in [2.24, 2.45) is 5.92 Å². The molecule has 0 radical (unpaired) electrons. The Labute approximate surface area is 131 Å². The van der Waals surface area contributed by atoms with Crippen LogP contribution in [0, 0.1) is 23.0 Å². The molecule has 22 heavy (non-hydrogen) atoms. The highest BCUT2D eigenvalue weighted by Gasteiger charge is 2.27. The van der Waals surface area contributed by atoms with Crippen LogP contribution in [0.15, 0.2) is 12.3 Å². The van der Waals surface area contributed by atoms with Gasteiger partial charge in [0.2, 0.25) is 0 Å². The zero-order valence-electron chi connectivity index (χ0n) is 13.5. The fourth-order valence-electron chi connectivity index (χ4n) is 3.13. The molecule has 0 aliphatic carbocycles. The molecular weight excluding hydrogens is 282 g/mol. The maximum absolute atomic E-state index is 10.8. The van der Waals surface area contributed by atoms with Crippen molar-refractivity contribution < 1.29 is 9.66 Å². The molecule has 0 saturated carbocycles. The van der Waals surface area contributed by atoms with Gasteiger partial charge in [-0.3, -0.25) is 10.1 Å². The Balaban J connectivity index is 2.01. The minimum Gasteiger partial charge on any atom is -0.378 e. The average molecular weight is 307 g/mol. The molecule has 2 rings (SSSR count). The first-order valence-electron chi connectivity index (χ1n) is 8.04. The van der Waals surface area contributed by atoms with Crippen LogP contribution in [-0.4, -0.2) is 28.7 Å². The lowest BCUT2D eigenvalue weighted by molar-refractivity contribution is -0.385. The van der Waals surface area contributed by atoms with Crippen LogP contribution in [0.4, 0.5) is 11.5 Å². The van der Waals surface area contributed by atoms with E-state index in [2.05, 4.69) is 24.1 Å². The standard InChI is InChI=1S/C16H25N3O3/c1-4-12(5-2)15-9-13(6-7-22-15)18-16-8-11(3)14(10-17-16)19(20)21/h8,10,12-13,15H,4-7,9H2,1-3H3,(H,17,18). The minimum atomic E-state index is -0.399. The van der Waals surface area contributed by atoms with Gasteiger partial charge in [0, 0.05) is 18.2 Å². The zero-order valence-corrected chi connectivity index (χ0v) is 13.5. The molecule has 2 unspecified atom stereocenters. The topological polar surface area (TPSA) is 77.3 Å². The first kappa shape index (κ1) is 16.7. The second-order valence-corrected chi connectivity index (χ2v) is 5.96. The quantitative estimate of drug-likeness (QED) is 0.640. The molecule has 2 heterocycles. The van der Waals surface area contributed by atoms with E-state index in [9.17, 15) is 10.1 Å². The normalized spacial score (nSPS) is 21.8. The first-order chi connectivity index (χ1) is 10.5. The van der Waals surface area contributed by atoms with E-state index in [1.54, 1.807) is 13.0 Å². The smallest absolute Gasteiger partial charge is 0.290 e. The molecule has 1 aromatic heterocycles. The SMILES string of the molecule is CCC(CC)C1CC(Nc2cc(C)c([N+](=O)[O-])cn2)CCO1. The summed E-state index contributed by atoms with van der Waals surface area (Å²) >= 11 is 0. The molecule has 6 nitrogen and oxygen atoms in total. The molecule has 0 amide bonds. The van der Waals surface area contributed by atoms with Gasteiger partial charge >= 0.3 is 0 Å². The summed E-state index contributed by atoms with van der Waals surface area (Å²) in [5.74, 6) is 1.30. The number of hydrogen-bond acceptors (Lipinski definition) is 5. The lowest BCUT2D eigenvalue weighted by Crippen LogP contribution is -2.38. The minimum absolute atomic E-state index is 0.0624. The maximum atomic E-state index is 10.8. The van der Waals surface area contributed by atoms with Gasteiger partial charge in [-0.1, -0.05) is 26.7 Å². The third kappa shape index (κ3) is 3.94. The lowest BCUT2D eigenvalue weighted by Gasteiger charge is -2.34. The van der Waals surface area contributed by atoms with Crippen LogP contribution in [-0.2, 0) is 4.74 Å².